The molecule has 1 aromatic rings. The van der Waals surface area contributed by atoms with E-state index in [1.54, 1.807) is 0 Å². The minimum atomic E-state index is -0.235. The van der Waals surface area contributed by atoms with Crippen LogP contribution in [0.5, 0.6) is 0 Å². The van der Waals surface area contributed by atoms with Gasteiger partial charge in [-0.05, 0) is 38.8 Å². The van der Waals surface area contributed by atoms with Gasteiger partial charge < -0.3 is 4.74 Å². The maximum Gasteiger partial charge on any atom is 0.340 e. The molecule has 4 rings (SSSR count). The second-order valence-corrected chi connectivity index (χ2v) is 7.00. The number of carbonyl (C=O) groups excluding carboxylic acids is 1. The Kier molecular flexibility index (Phi) is 3.32. The van der Waals surface area contributed by atoms with Crippen LogP contribution >= 0.6 is 0 Å². The highest BCUT2D eigenvalue weighted by molar-refractivity contribution is 5.80. The molecule has 1 aliphatic carbocycles. The number of aromatic nitrogens is 3. The fourth-order valence-corrected chi connectivity index (χ4v) is 4.10. The van der Waals surface area contributed by atoms with Gasteiger partial charge in [0.25, 0.3) is 0 Å². The fourth-order valence-electron chi connectivity index (χ4n) is 4.10. The van der Waals surface area contributed by atoms with E-state index in [2.05, 4.69) is 20.1 Å². The van der Waals surface area contributed by atoms with Gasteiger partial charge in [-0.15, -0.1) is 0 Å². The van der Waals surface area contributed by atoms with Gasteiger partial charge in [0.2, 0.25) is 0 Å². The summed E-state index contributed by atoms with van der Waals surface area (Å²) in [5, 5.41) is 6.46. The summed E-state index contributed by atoms with van der Waals surface area (Å²) in [5.74, 6) is 1.12. The van der Waals surface area contributed by atoms with Crippen LogP contribution in [-0.2, 0) is 9.53 Å². The van der Waals surface area contributed by atoms with E-state index in [4.69, 9.17) is 4.74 Å². The molecule has 1 aromatic heterocycles. The molecular weight excluding hydrogens is 284 g/mol. The van der Waals surface area contributed by atoms with Gasteiger partial charge >= 0.3 is 11.7 Å². The van der Waals surface area contributed by atoms with Gasteiger partial charge in [0, 0.05) is 18.9 Å². The van der Waals surface area contributed by atoms with E-state index in [1.165, 1.54) is 0 Å². The summed E-state index contributed by atoms with van der Waals surface area (Å²) in [6, 6.07) is 0. The lowest BCUT2D eigenvalue weighted by Crippen LogP contribution is -2.39. The summed E-state index contributed by atoms with van der Waals surface area (Å²) in [6.07, 6.45) is 6.11. The minimum Gasteiger partial charge on any atom is -0.461 e. The third kappa shape index (κ3) is 2.37. The van der Waals surface area contributed by atoms with Gasteiger partial charge in [-0.3, -0.25) is 14.7 Å². The molecule has 0 amide bonds. The molecule has 1 spiro atoms. The highest BCUT2D eigenvalue weighted by atomic mass is 16.6. The molecule has 7 heteroatoms. The molecule has 3 aliphatic rings. The van der Waals surface area contributed by atoms with Gasteiger partial charge in [-0.25, -0.2) is 9.89 Å². The van der Waals surface area contributed by atoms with Gasteiger partial charge in [0.1, 0.15) is 11.9 Å². The molecule has 7 nitrogen and oxygen atoms in total. The average molecular weight is 306 g/mol. The standard InChI is InChI=1S/C15H22N4O3/c20-13-15(4-1-5-15)8-11(22-13)9-19-6-2-10(3-7-19)12-16-14(21)18-17-12/h10-11H,1-9H2,(H2,16,17,18,21). The predicted octanol–water partition coefficient (Wildman–Crippen LogP) is 0.763. The van der Waals surface area contributed by atoms with Gasteiger partial charge in [0.05, 0.1) is 5.41 Å². The number of ether oxygens (including phenoxy) is 1. The monoisotopic (exact) mass is 306 g/mol. The van der Waals surface area contributed by atoms with E-state index < -0.39 is 0 Å². The molecule has 3 heterocycles. The Labute approximate surface area is 128 Å². The molecule has 0 bridgehead atoms. The lowest BCUT2D eigenvalue weighted by atomic mass is 9.67. The van der Waals surface area contributed by atoms with E-state index in [9.17, 15) is 9.59 Å². The molecule has 120 valence electrons. The number of nitrogens with one attached hydrogen (secondary N) is 2. The summed E-state index contributed by atoms with van der Waals surface area (Å²) in [6.45, 7) is 2.76. The number of carbonyl (C=O) groups is 1. The Hall–Kier alpha value is -1.63. The van der Waals surface area contributed by atoms with Gasteiger partial charge in [-0.1, -0.05) is 6.42 Å². The first kappa shape index (κ1) is 14.0. The van der Waals surface area contributed by atoms with E-state index in [-0.39, 0.29) is 23.2 Å². The third-order valence-electron chi connectivity index (χ3n) is 5.59. The molecule has 1 unspecified atom stereocenters. The zero-order valence-corrected chi connectivity index (χ0v) is 12.6. The second-order valence-electron chi connectivity index (χ2n) is 7.00. The molecule has 0 aromatic carbocycles. The number of hydrogen-bond acceptors (Lipinski definition) is 5. The number of hydrogen-bond donors (Lipinski definition) is 2. The molecule has 2 saturated heterocycles. The van der Waals surface area contributed by atoms with Crippen LogP contribution in [-0.4, -0.2) is 51.8 Å². The number of piperidine rings is 1. The third-order valence-corrected chi connectivity index (χ3v) is 5.59. The van der Waals surface area contributed by atoms with Crippen molar-refractivity contribution in [3.05, 3.63) is 16.3 Å². The molecule has 1 saturated carbocycles. The van der Waals surface area contributed by atoms with E-state index >= 15 is 0 Å². The number of rotatable bonds is 3. The number of H-pyrrole nitrogens is 2. The summed E-state index contributed by atoms with van der Waals surface area (Å²) < 4.78 is 5.59. The molecule has 2 N–H and O–H groups in total. The number of esters is 1. The van der Waals surface area contributed by atoms with Crippen LogP contribution in [0.3, 0.4) is 0 Å². The molecule has 22 heavy (non-hydrogen) atoms. The zero-order valence-electron chi connectivity index (χ0n) is 12.6. The van der Waals surface area contributed by atoms with Crippen LogP contribution in [0.4, 0.5) is 0 Å². The van der Waals surface area contributed by atoms with Crippen molar-refractivity contribution in [1.29, 1.82) is 0 Å². The van der Waals surface area contributed by atoms with Crippen molar-refractivity contribution >= 4 is 5.97 Å². The van der Waals surface area contributed by atoms with Crippen LogP contribution in [0.2, 0.25) is 0 Å². The molecular formula is C15H22N4O3. The SMILES string of the molecule is O=C1OC(CN2CCC(c3n[nH]c(=O)[nH]3)CC2)CC12CCC2. The van der Waals surface area contributed by atoms with Crippen LogP contribution in [0.15, 0.2) is 4.79 Å². The van der Waals surface area contributed by atoms with E-state index in [1.807, 2.05) is 0 Å². The maximum absolute atomic E-state index is 12.0. The first-order valence-electron chi connectivity index (χ1n) is 8.23. The average Bonchev–Trinajstić information content (AvgIpc) is 3.03. The van der Waals surface area contributed by atoms with Crippen molar-refractivity contribution in [3.8, 4) is 0 Å². The van der Waals surface area contributed by atoms with Crippen LogP contribution in [0.1, 0.15) is 50.3 Å². The maximum atomic E-state index is 12.0. The van der Waals surface area contributed by atoms with Crippen LogP contribution in [0, 0.1) is 5.41 Å². The van der Waals surface area contributed by atoms with E-state index in [0.717, 1.165) is 64.0 Å². The van der Waals surface area contributed by atoms with Gasteiger partial charge in [-0.2, -0.15) is 5.10 Å². The first-order chi connectivity index (χ1) is 10.6. The summed E-state index contributed by atoms with van der Waals surface area (Å²) in [4.78, 5) is 28.2. The highest BCUT2D eigenvalue weighted by Crippen LogP contribution is 2.50. The topological polar surface area (TPSA) is 91.1 Å². The Balaban J connectivity index is 1.29. The lowest BCUT2D eigenvalue weighted by Gasteiger charge is -2.34. The zero-order chi connectivity index (χ0) is 15.2. The molecule has 0 radical (unpaired) electrons. The predicted molar refractivity (Wildman–Crippen MR) is 78.4 cm³/mol. The minimum absolute atomic E-state index is 0.0349. The first-order valence-corrected chi connectivity index (χ1v) is 8.23. The Morgan fingerprint density at radius 1 is 1.27 bits per heavy atom. The van der Waals surface area contributed by atoms with Crippen LogP contribution in [0.25, 0.3) is 0 Å². The van der Waals surface area contributed by atoms with Crippen molar-refractivity contribution in [1.82, 2.24) is 20.1 Å². The van der Waals surface area contributed by atoms with E-state index in [0.29, 0.717) is 5.92 Å². The van der Waals surface area contributed by atoms with Crippen molar-refractivity contribution in [2.24, 2.45) is 5.41 Å². The number of likely N-dealkylation sites (tertiary alicyclic amines) is 1. The van der Waals surface area contributed by atoms with Crippen molar-refractivity contribution in [2.45, 2.75) is 50.5 Å². The molecule has 2 aliphatic heterocycles. The quantitative estimate of drug-likeness (QED) is 0.805. The van der Waals surface area contributed by atoms with Crippen molar-refractivity contribution in [2.75, 3.05) is 19.6 Å². The lowest BCUT2D eigenvalue weighted by molar-refractivity contribution is -0.152. The fraction of sp³-hybridized carbons (Fsp3) is 0.800. The highest BCUT2D eigenvalue weighted by Gasteiger charge is 2.52. The largest absolute Gasteiger partial charge is 0.461 e. The Morgan fingerprint density at radius 2 is 2.05 bits per heavy atom. The van der Waals surface area contributed by atoms with Crippen molar-refractivity contribution in [3.63, 3.8) is 0 Å². The summed E-state index contributed by atoms with van der Waals surface area (Å²) in [7, 11) is 0. The van der Waals surface area contributed by atoms with Crippen LogP contribution < -0.4 is 5.69 Å². The Morgan fingerprint density at radius 3 is 2.59 bits per heavy atom. The number of cyclic esters (lactones) is 1. The molecule has 1 atom stereocenters. The smallest absolute Gasteiger partial charge is 0.340 e. The number of nitrogens with zero attached hydrogens (tertiary/aromatic N) is 2. The van der Waals surface area contributed by atoms with Gasteiger partial charge in [0.15, 0.2) is 0 Å². The summed E-state index contributed by atoms with van der Waals surface area (Å²) >= 11 is 0. The Bertz CT molecular complexity index is 610. The molecule has 3 fully saturated rings. The second kappa shape index (κ2) is 5.22. The summed E-state index contributed by atoms with van der Waals surface area (Å²) in [5.41, 5.74) is -0.363. The number of aromatic amines is 2. The van der Waals surface area contributed by atoms with Crippen molar-refractivity contribution < 1.29 is 9.53 Å². The normalized spacial score (nSPS) is 28.7.